The largest absolute Gasteiger partial charge is 0.458 e. The molecule has 0 saturated carbocycles. The fourth-order valence-corrected chi connectivity index (χ4v) is 4.31. The smallest absolute Gasteiger partial charge is 0.306 e. The molecule has 0 aromatic heterocycles. The Bertz CT molecular complexity index is 669. The zero-order valence-electron chi connectivity index (χ0n) is 25.2. The molecule has 0 bridgehead atoms. The van der Waals surface area contributed by atoms with Gasteiger partial charge in [-0.2, -0.15) is 0 Å². The highest BCUT2D eigenvalue weighted by molar-refractivity contribution is 5.69. The predicted octanol–water partition coefficient (Wildman–Crippen LogP) is 11.4. The summed E-state index contributed by atoms with van der Waals surface area (Å²) < 4.78 is 5.95. The van der Waals surface area contributed by atoms with Crippen molar-refractivity contribution in [2.24, 2.45) is 0 Å². The van der Waals surface area contributed by atoms with E-state index in [0.29, 0.717) is 6.42 Å². The Labute approximate surface area is 225 Å². The molecular weight excluding hydrogens is 440 g/mol. The third kappa shape index (κ3) is 24.1. The number of unbranched alkanes of at least 4 members (excludes halogenated alkanes) is 10. The van der Waals surface area contributed by atoms with Crippen LogP contribution in [0.4, 0.5) is 0 Å². The number of allylic oxidation sites excluding steroid dienone is 6. The molecule has 0 rings (SSSR count). The maximum absolute atomic E-state index is 12.6. The van der Waals surface area contributed by atoms with Gasteiger partial charge in [-0.1, -0.05) is 112 Å². The van der Waals surface area contributed by atoms with Crippen molar-refractivity contribution >= 4 is 5.97 Å². The van der Waals surface area contributed by atoms with Crippen molar-refractivity contribution < 1.29 is 9.53 Å². The highest BCUT2D eigenvalue weighted by atomic mass is 16.5. The first kappa shape index (κ1) is 34.4. The number of hydrogen-bond acceptors (Lipinski definition) is 2. The summed E-state index contributed by atoms with van der Waals surface area (Å²) in [5.41, 5.74) is 5.39. The van der Waals surface area contributed by atoms with Crippen LogP contribution in [-0.4, -0.2) is 12.1 Å². The van der Waals surface area contributed by atoms with Crippen LogP contribution >= 0.6 is 0 Å². The van der Waals surface area contributed by atoms with Crippen LogP contribution in [0.25, 0.3) is 0 Å². The second-order valence-electron chi connectivity index (χ2n) is 11.3. The average molecular weight is 501 g/mol. The van der Waals surface area contributed by atoms with E-state index in [4.69, 9.17) is 4.74 Å². The standard InChI is InChI=1S/C34H60O2/c1-8-9-10-11-12-13-14-15-16-17-18-25-34(35)36-33(28-32(7)24-20-22-30(4)5)27-26-31(6)23-19-21-29(2)3/h21-22,26,28,33H,8-20,23-25,27H2,1-7H3. The molecule has 36 heavy (non-hydrogen) atoms. The van der Waals surface area contributed by atoms with Crippen LogP contribution in [0.2, 0.25) is 0 Å². The Morgan fingerprint density at radius 2 is 1.08 bits per heavy atom. The van der Waals surface area contributed by atoms with Gasteiger partial charge in [-0.25, -0.2) is 0 Å². The van der Waals surface area contributed by atoms with Gasteiger partial charge in [0, 0.05) is 12.8 Å². The van der Waals surface area contributed by atoms with Crippen LogP contribution < -0.4 is 0 Å². The number of rotatable bonds is 22. The van der Waals surface area contributed by atoms with Crippen LogP contribution in [0, 0.1) is 0 Å². The summed E-state index contributed by atoms with van der Waals surface area (Å²) in [6, 6.07) is 0. The summed E-state index contributed by atoms with van der Waals surface area (Å²) in [4.78, 5) is 12.6. The summed E-state index contributed by atoms with van der Waals surface area (Å²) >= 11 is 0. The Morgan fingerprint density at radius 1 is 0.611 bits per heavy atom. The van der Waals surface area contributed by atoms with Gasteiger partial charge in [-0.15, -0.1) is 0 Å². The van der Waals surface area contributed by atoms with Crippen molar-refractivity contribution in [3.05, 3.63) is 46.6 Å². The molecule has 0 fully saturated rings. The zero-order chi connectivity index (χ0) is 27.0. The van der Waals surface area contributed by atoms with E-state index in [1.807, 2.05) is 0 Å². The summed E-state index contributed by atoms with van der Waals surface area (Å²) in [7, 11) is 0. The van der Waals surface area contributed by atoms with Gasteiger partial charge in [0.05, 0.1) is 0 Å². The molecule has 0 aliphatic carbocycles. The first-order chi connectivity index (χ1) is 17.2. The SMILES string of the molecule is CCCCCCCCCCCCCC(=O)OC(C=C(C)CCC=C(C)C)CC=C(C)CCC=C(C)C. The molecule has 208 valence electrons. The van der Waals surface area contributed by atoms with Crippen molar-refractivity contribution in [2.45, 2.75) is 164 Å². The topological polar surface area (TPSA) is 26.3 Å². The number of ether oxygens (including phenoxy) is 1. The minimum absolute atomic E-state index is 0.0418. The van der Waals surface area contributed by atoms with Gasteiger partial charge < -0.3 is 4.74 Å². The first-order valence-corrected chi connectivity index (χ1v) is 15.0. The van der Waals surface area contributed by atoms with Gasteiger partial charge in [-0.3, -0.25) is 4.79 Å². The number of hydrogen-bond donors (Lipinski definition) is 0. The lowest BCUT2D eigenvalue weighted by atomic mass is 10.0. The van der Waals surface area contributed by atoms with E-state index < -0.39 is 0 Å². The second kappa shape index (κ2) is 23.8. The molecule has 0 N–H and O–H groups in total. The molecule has 0 radical (unpaired) electrons. The molecule has 0 amide bonds. The Kier molecular flexibility index (Phi) is 22.8. The lowest BCUT2D eigenvalue weighted by Crippen LogP contribution is -2.16. The molecule has 0 heterocycles. The van der Waals surface area contributed by atoms with Crippen LogP contribution in [0.5, 0.6) is 0 Å². The van der Waals surface area contributed by atoms with E-state index in [2.05, 4.69) is 72.8 Å². The van der Waals surface area contributed by atoms with Crippen LogP contribution in [0.1, 0.15) is 158 Å². The van der Waals surface area contributed by atoms with Gasteiger partial charge in [0.2, 0.25) is 0 Å². The highest BCUT2D eigenvalue weighted by Crippen LogP contribution is 2.17. The monoisotopic (exact) mass is 500 g/mol. The third-order valence-corrected chi connectivity index (χ3v) is 6.62. The molecule has 0 aliphatic heterocycles. The predicted molar refractivity (Wildman–Crippen MR) is 160 cm³/mol. The van der Waals surface area contributed by atoms with E-state index in [-0.39, 0.29) is 12.1 Å². The normalized spacial score (nSPS) is 12.9. The maximum Gasteiger partial charge on any atom is 0.306 e. The fourth-order valence-electron chi connectivity index (χ4n) is 4.31. The summed E-state index contributed by atoms with van der Waals surface area (Å²) in [5, 5.41) is 0. The van der Waals surface area contributed by atoms with Crippen LogP contribution in [0.3, 0.4) is 0 Å². The minimum atomic E-state index is -0.157. The van der Waals surface area contributed by atoms with Crippen molar-refractivity contribution in [1.29, 1.82) is 0 Å². The quantitative estimate of drug-likeness (QED) is 0.0839. The van der Waals surface area contributed by atoms with Crippen molar-refractivity contribution in [3.8, 4) is 0 Å². The third-order valence-electron chi connectivity index (χ3n) is 6.62. The summed E-state index contributed by atoms with van der Waals surface area (Å²) in [6.07, 6.45) is 28.6. The average Bonchev–Trinajstić information content (AvgIpc) is 2.80. The zero-order valence-corrected chi connectivity index (χ0v) is 25.2. The molecule has 0 spiro atoms. The molecule has 0 saturated heterocycles. The van der Waals surface area contributed by atoms with Gasteiger partial charge in [0.1, 0.15) is 6.10 Å². The molecule has 2 heteroatoms. The van der Waals surface area contributed by atoms with Crippen molar-refractivity contribution in [1.82, 2.24) is 0 Å². The lowest BCUT2D eigenvalue weighted by molar-refractivity contribution is -0.146. The molecule has 1 atom stereocenters. The minimum Gasteiger partial charge on any atom is -0.458 e. The summed E-state index contributed by atoms with van der Waals surface area (Å²) in [5.74, 6) is -0.0418. The van der Waals surface area contributed by atoms with E-state index >= 15 is 0 Å². The van der Waals surface area contributed by atoms with Crippen LogP contribution in [-0.2, 0) is 9.53 Å². The molecule has 0 aromatic carbocycles. The molecule has 2 nitrogen and oxygen atoms in total. The number of carbonyl (C=O) groups excluding carboxylic acids is 1. The number of carbonyl (C=O) groups is 1. The van der Waals surface area contributed by atoms with E-state index in [9.17, 15) is 4.79 Å². The van der Waals surface area contributed by atoms with E-state index in [1.165, 1.54) is 80.1 Å². The summed E-state index contributed by atoms with van der Waals surface area (Å²) in [6.45, 7) is 15.2. The van der Waals surface area contributed by atoms with Crippen molar-refractivity contribution in [2.75, 3.05) is 0 Å². The molecule has 0 aromatic rings. The van der Waals surface area contributed by atoms with Gasteiger partial charge in [0.15, 0.2) is 0 Å². The first-order valence-electron chi connectivity index (χ1n) is 15.0. The Balaban J connectivity index is 4.51. The Hall–Kier alpha value is -1.57. The van der Waals surface area contributed by atoms with Gasteiger partial charge in [-0.05, 0) is 79.7 Å². The molecule has 0 aliphatic rings. The van der Waals surface area contributed by atoms with Crippen LogP contribution in [0.15, 0.2) is 46.6 Å². The Morgan fingerprint density at radius 3 is 1.58 bits per heavy atom. The van der Waals surface area contributed by atoms with Crippen molar-refractivity contribution in [3.63, 3.8) is 0 Å². The van der Waals surface area contributed by atoms with Gasteiger partial charge in [0.25, 0.3) is 0 Å². The second-order valence-corrected chi connectivity index (χ2v) is 11.3. The van der Waals surface area contributed by atoms with E-state index in [1.54, 1.807) is 0 Å². The van der Waals surface area contributed by atoms with E-state index in [0.717, 1.165) is 44.9 Å². The lowest BCUT2D eigenvalue weighted by Gasteiger charge is -2.15. The highest BCUT2D eigenvalue weighted by Gasteiger charge is 2.12. The maximum atomic E-state index is 12.6. The molecular formula is C34H60O2. The molecule has 1 unspecified atom stereocenters. The van der Waals surface area contributed by atoms with Gasteiger partial charge >= 0.3 is 5.97 Å². The fraction of sp³-hybridized carbons (Fsp3) is 0.735. The number of esters is 1.